The van der Waals surface area contributed by atoms with E-state index >= 15 is 0 Å². The molecule has 0 bridgehead atoms. The molecule has 0 aliphatic carbocycles. The van der Waals surface area contributed by atoms with Crippen LogP contribution in [0.3, 0.4) is 0 Å². The number of anilines is 1. The summed E-state index contributed by atoms with van der Waals surface area (Å²) in [5.41, 5.74) is 0.519. The van der Waals surface area contributed by atoms with Gasteiger partial charge in [0.05, 0.1) is 11.9 Å². The third-order valence-electron chi connectivity index (χ3n) is 4.95. The van der Waals surface area contributed by atoms with Gasteiger partial charge in [0.1, 0.15) is 15.8 Å². The maximum absolute atomic E-state index is 13.0. The lowest BCUT2D eigenvalue weighted by atomic mass is 9.97. The maximum atomic E-state index is 13.0. The number of aromatic nitrogens is 1. The lowest BCUT2D eigenvalue weighted by molar-refractivity contribution is -0.120. The van der Waals surface area contributed by atoms with Crippen molar-refractivity contribution in [2.24, 2.45) is 5.92 Å². The topological polar surface area (TPSA) is 88.6 Å². The molecular formula is C21H20FN3O4S2. The predicted octanol–water partition coefficient (Wildman–Crippen LogP) is 4.11. The number of nitrogens with zero attached hydrogens (tertiary/aromatic N) is 2. The molecule has 0 unspecified atom stereocenters. The second kappa shape index (κ2) is 9.13. The van der Waals surface area contributed by atoms with Gasteiger partial charge >= 0.3 is 0 Å². The van der Waals surface area contributed by atoms with E-state index in [2.05, 4.69) is 10.3 Å². The molecule has 1 fully saturated rings. The van der Waals surface area contributed by atoms with Crippen LogP contribution in [0.4, 0.5) is 10.1 Å². The maximum Gasteiger partial charge on any atom is 0.252 e. The molecule has 162 valence electrons. The molecule has 1 amide bonds. The Morgan fingerprint density at radius 1 is 1.13 bits per heavy atom. The van der Waals surface area contributed by atoms with Gasteiger partial charge in [-0.05, 0) is 54.6 Å². The fourth-order valence-electron chi connectivity index (χ4n) is 3.28. The monoisotopic (exact) mass is 461 g/mol. The number of halogens is 1. The second-order valence-corrected chi connectivity index (χ2v) is 10.2. The molecule has 1 aliphatic heterocycles. The van der Waals surface area contributed by atoms with E-state index in [4.69, 9.17) is 4.74 Å². The van der Waals surface area contributed by atoms with E-state index in [1.54, 1.807) is 29.6 Å². The van der Waals surface area contributed by atoms with Crippen molar-refractivity contribution in [1.82, 2.24) is 9.29 Å². The van der Waals surface area contributed by atoms with E-state index in [0.717, 1.165) is 0 Å². The minimum atomic E-state index is -3.48. The van der Waals surface area contributed by atoms with E-state index in [-0.39, 0.29) is 17.6 Å². The molecular weight excluding hydrogens is 441 g/mol. The number of sulfonamides is 1. The SMILES string of the molecule is O=C(Nc1ccc(Oc2ccc(F)cc2)nc1)C1CCN(S(=O)(=O)c2cccs2)CC1. The van der Waals surface area contributed by atoms with Crippen LogP contribution in [0.1, 0.15) is 12.8 Å². The zero-order valence-electron chi connectivity index (χ0n) is 16.4. The van der Waals surface area contributed by atoms with Gasteiger partial charge in [0.2, 0.25) is 11.8 Å². The average Bonchev–Trinajstić information content (AvgIpc) is 3.33. The molecule has 10 heteroatoms. The molecule has 31 heavy (non-hydrogen) atoms. The van der Waals surface area contributed by atoms with Gasteiger partial charge in [-0.2, -0.15) is 4.31 Å². The molecule has 1 N–H and O–H groups in total. The fourth-order valence-corrected chi connectivity index (χ4v) is 5.89. The van der Waals surface area contributed by atoms with E-state index in [9.17, 15) is 17.6 Å². The summed E-state index contributed by atoms with van der Waals surface area (Å²) < 4.78 is 45.4. The highest BCUT2D eigenvalue weighted by Crippen LogP contribution is 2.27. The minimum Gasteiger partial charge on any atom is -0.439 e. The number of pyridine rings is 1. The quantitative estimate of drug-likeness (QED) is 0.597. The highest BCUT2D eigenvalue weighted by atomic mass is 32.2. The lowest BCUT2D eigenvalue weighted by Crippen LogP contribution is -2.41. The largest absolute Gasteiger partial charge is 0.439 e. The van der Waals surface area contributed by atoms with Crippen molar-refractivity contribution in [1.29, 1.82) is 0 Å². The molecule has 0 saturated carbocycles. The number of thiophene rings is 1. The van der Waals surface area contributed by atoms with E-state index in [0.29, 0.717) is 47.5 Å². The van der Waals surface area contributed by atoms with Crippen molar-refractivity contribution < 1.29 is 22.3 Å². The van der Waals surface area contributed by atoms with Crippen LogP contribution in [0.5, 0.6) is 11.6 Å². The summed E-state index contributed by atoms with van der Waals surface area (Å²) in [5, 5.41) is 4.55. The number of carbonyl (C=O) groups is 1. The summed E-state index contributed by atoms with van der Waals surface area (Å²) in [5.74, 6) is -0.0212. The Balaban J connectivity index is 1.30. The first-order valence-electron chi connectivity index (χ1n) is 9.66. The van der Waals surface area contributed by atoms with Crippen LogP contribution in [0.2, 0.25) is 0 Å². The minimum absolute atomic E-state index is 0.165. The first-order chi connectivity index (χ1) is 14.9. The second-order valence-electron chi connectivity index (χ2n) is 7.04. The van der Waals surface area contributed by atoms with Crippen LogP contribution in [0.25, 0.3) is 0 Å². The summed E-state index contributed by atoms with van der Waals surface area (Å²) in [6.07, 6.45) is 2.39. The molecule has 3 heterocycles. The van der Waals surface area contributed by atoms with Crippen molar-refractivity contribution in [2.45, 2.75) is 17.1 Å². The number of piperidine rings is 1. The van der Waals surface area contributed by atoms with Crippen molar-refractivity contribution in [3.05, 3.63) is 65.9 Å². The van der Waals surface area contributed by atoms with E-state index < -0.39 is 10.0 Å². The van der Waals surface area contributed by atoms with Crippen LogP contribution in [0.15, 0.2) is 64.3 Å². The number of carbonyl (C=O) groups excluding carboxylic acids is 1. The highest BCUT2D eigenvalue weighted by Gasteiger charge is 2.32. The summed E-state index contributed by atoms with van der Waals surface area (Å²) in [6, 6.07) is 12.2. The normalized spacial score (nSPS) is 15.5. The Morgan fingerprint density at radius 3 is 2.48 bits per heavy atom. The summed E-state index contributed by atoms with van der Waals surface area (Å²) >= 11 is 1.19. The number of rotatable bonds is 6. The van der Waals surface area contributed by atoms with E-state index in [1.165, 1.54) is 46.1 Å². The summed E-state index contributed by atoms with van der Waals surface area (Å²) in [4.78, 5) is 16.7. The third kappa shape index (κ3) is 5.09. The first kappa shape index (κ1) is 21.4. The van der Waals surface area contributed by atoms with Gasteiger partial charge in [0.15, 0.2) is 0 Å². The molecule has 2 aromatic heterocycles. The Labute approximate surface area is 183 Å². The van der Waals surface area contributed by atoms with Gasteiger partial charge in [-0.3, -0.25) is 4.79 Å². The van der Waals surface area contributed by atoms with Crippen molar-refractivity contribution in [3.63, 3.8) is 0 Å². The Bertz CT molecular complexity index is 1130. The number of benzene rings is 1. The first-order valence-corrected chi connectivity index (χ1v) is 12.0. The molecule has 1 aromatic carbocycles. The van der Waals surface area contributed by atoms with Crippen LogP contribution >= 0.6 is 11.3 Å². The summed E-state index contributed by atoms with van der Waals surface area (Å²) in [6.45, 7) is 0.613. The molecule has 0 radical (unpaired) electrons. The molecule has 4 rings (SSSR count). The van der Waals surface area contributed by atoms with Crippen LogP contribution in [0, 0.1) is 11.7 Å². The Hall–Kier alpha value is -2.82. The standard InChI is InChI=1S/C21H20FN3O4S2/c22-16-3-6-18(7-4-16)29-19-8-5-17(14-23-19)24-21(26)15-9-11-25(12-10-15)31(27,28)20-2-1-13-30-20/h1-8,13-15H,9-12H2,(H,24,26). The number of ether oxygens (including phenoxy) is 1. The summed E-state index contributed by atoms with van der Waals surface area (Å²) in [7, 11) is -3.48. The van der Waals surface area contributed by atoms with E-state index in [1.807, 2.05) is 0 Å². The van der Waals surface area contributed by atoms with Gasteiger partial charge in [0.25, 0.3) is 10.0 Å². The number of hydrogen-bond acceptors (Lipinski definition) is 6. The zero-order chi connectivity index (χ0) is 21.8. The smallest absolute Gasteiger partial charge is 0.252 e. The van der Waals surface area contributed by atoms with Gasteiger partial charge < -0.3 is 10.1 Å². The molecule has 3 aromatic rings. The Kier molecular flexibility index (Phi) is 6.30. The van der Waals surface area contributed by atoms with Crippen LogP contribution in [-0.2, 0) is 14.8 Å². The predicted molar refractivity (Wildman–Crippen MR) is 115 cm³/mol. The highest BCUT2D eigenvalue weighted by molar-refractivity contribution is 7.91. The average molecular weight is 462 g/mol. The van der Waals surface area contributed by atoms with Crippen molar-refractivity contribution >= 4 is 33.0 Å². The molecule has 1 saturated heterocycles. The third-order valence-corrected chi connectivity index (χ3v) is 8.23. The van der Waals surface area contributed by atoms with Gasteiger partial charge in [0, 0.05) is 25.1 Å². The van der Waals surface area contributed by atoms with Crippen molar-refractivity contribution in [3.8, 4) is 11.6 Å². The number of hydrogen-bond donors (Lipinski definition) is 1. The molecule has 0 spiro atoms. The molecule has 1 aliphatic rings. The van der Waals surface area contributed by atoms with Gasteiger partial charge in [-0.1, -0.05) is 6.07 Å². The lowest BCUT2D eigenvalue weighted by Gasteiger charge is -2.30. The van der Waals surface area contributed by atoms with Gasteiger partial charge in [-0.15, -0.1) is 11.3 Å². The fraction of sp³-hybridized carbons (Fsp3) is 0.238. The number of nitrogens with one attached hydrogen (secondary N) is 1. The zero-order valence-corrected chi connectivity index (χ0v) is 18.0. The Morgan fingerprint density at radius 2 is 1.87 bits per heavy atom. The number of amides is 1. The molecule has 0 atom stereocenters. The van der Waals surface area contributed by atoms with Crippen LogP contribution < -0.4 is 10.1 Å². The van der Waals surface area contributed by atoms with Crippen molar-refractivity contribution in [2.75, 3.05) is 18.4 Å². The molecule has 7 nitrogen and oxygen atoms in total. The van der Waals surface area contributed by atoms with Gasteiger partial charge in [-0.25, -0.2) is 17.8 Å². The van der Waals surface area contributed by atoms with Crippen LogP contribution in [-0.4, -0.2) is 36.7 Å².